The number of rotatable bonds is 4. The first-order valence-corrected chi connectivity index (χ1v) is 11.9. The van der Waals surface area contributed by atoms with Crippen LogP contribution in [-0.4, -0.2) is 70.7 Å². The van der Waals surface area contributed by atoms with Gasteiger partial charge in [0, 0.05) is 44.5 Å². The molecule has 2 aliphatic rings. The van der Waals surface area contributed by atoms with Crippen LogP contribution in [0.3, 0.4) is 0 Å². The number of anilines is 1. The molecule has 1 atom stereocenters. The lowest BCUT2D eigenvalue weighted by Gasteiger charge is -2.40. The molecule has 2 amide bonds. The van der Waals surface area contributed by atoms with Gasteiger partial charge in [-0.05, 0) is 45.2 Å². The van der Waals surface area contributed by atoms with Crippen LogP contribution in [-0.2, 0) is 22.5 Å². The van der Waals surface area contributed by atoms with Gasteiger partial charge in [-0.2, -0.15) is 0 Å². The summed E-state index contributed by atoms with van der Waals surface area (Å²) in [5, 5.41) is 0. The first-order valence-electron chi connectivity index (χ1n) is 11.9. The first kappa shape index (κ1) is 24.0. The quantitative estimate of drug-likeness (QED) is 0.693. The van der Waals surface area contributed by atoms with Gasteiger partial charge in [-0.1, -0.05) is 30.3 Å². The van der Waals surface area contributed by atoms with Crippen molar-refractivity contribution >= 4 is 17.7 Å². The van der Waals surface area contributed by atoms with E-state index in [0.29, 0.717) is 39.1 Å². The summed E-state index contributed by atoms with van der Waals surface area (Å²) in [6.45, 7) is 10.6. The molecular weight excluding hydrogens is 432 g/mol. The molecular formula is C26H34N4O4. The molecule has 0 spiro atoms. The maximum absolute atomic E-state index is 13.2. The second-order valence-corrected chi connectivity index (χ2v) is 10.2. The average Bonchev–Trinajstić information content (AvgIpc) is 3.16. The zero-order valence-electron chi connectivity index (χ0n) is 20.5. The highest BCUT2D eigenvalue weighted by Crippen LogP contribution is 2.27. The van der Waals surface area contributed by atoms with E-state index in [4.69, 9.17) is 4.74 Å². The summed E-state index contributed by atoms with van der Waals surface area (Å²) in [7, 11) is 0. The Balaban J connectivity index is 1.40. The molecule has 0 N–H and O–H groups in total. The molecule has 0 radical (unpaired) electrons. The lowest BCUT2D eigenvalue weighted by molar-refractivity contribution is -0.120. The third-order valence-corrected chi connectivity index (χ3v) is 6.28. The lowest BCUT2D eigenvalue weighted by Crippen LogP contribution is -2.56. The van der Waals surface area contributed by atoms with E-state index in [1.54, 1.807) is 20.4 Å². The van der Waals surface area contributed by atoms with Crippen molar-refractivity contribution in [1.82, 2.24) is 14.4 Å². The number of benzene rings is 1. The Hall–Kier alpha value is -3.13. The molecule has 182 valence electrons. The van der Waals surface area contributed by atoms with Crippen molar-refractivity contribution in [3.63, 3.8) is 0 Å². The zero-order chi connectivity index (χ0) is 24.5. The van der Waals surface area contributed by atoms with E-state index in [1.807, 2.05) is 64.2 Å². The third-order valence-electron chi connectivity index (χ3n) is 6.28. The van der Waals surface area contributed by atoms with Crippen LogP contribution in [0.1, 0.15) is 38.8 Å². The number of hydrogen-bond donors (Lipinski definition) is 0. The number of piperazine rings is 1. The van der Waals surface area contributed by atoms with E-state index in [0.717, 1.165) is 16.8 Å². The molecule has 34 heavy (non-hydrogen) atoms. The topological polar surface area (TPSA) is 75.1 Å². The first-order chi connectivity index (χ1) is 16.1. The number of aromatic nitrogens is 1. The fourth-order valence-corrected chi connectivity index (χ4v) is 4.60. The molecule has 8 nitrogen and oxygen atoms in total. The maximum atomic E-state index is 13.2. The lowest BCUT2D eigenvalue weighted by atomic mass is 10.2. The second-order valence-electron chi connectivity index (χ2n) is 10.2. The molecule has 1 fully saturated rings. The van der Waals surface area contributed by atoms with Gasteiger partial charge >= 0.3 is 6.09 Å². The van der Waals surface area contributed by atoms with Gasteiger partial charge in [0.1, 0.15) is 5.60 Å². The molecule has 8 heteroatoms. The van der Waals surface area contributed by atoms with Crippen LogP contribution in [0.25, 0.3) is 0 Å². The average molecular weight is 467 g/mol. The number of nitrogens with zero attached hydrogens (tertiary/aromatic N) is 4. The van der Waals surface area contributed by atoms with Gasteiger partial charge in [-0.25, -0.2) is 4.79 Å². The summed E-state index contributed by atoms with van der Waals surface area (Å²) in [6.07, 6.45) is 2.19. The Morgan fingerprint density at radius 3 is 2.50 bits per heavy atom. The van der Waals surface area contributed by atoms with Crippen LogP contribution in [0.2, 0.25) is 0 Å². The SMILES string of the molecule is CC1CN(CC(=O)N2CCc3cc(=O)n(Cc4ccccc4)cc32)CCN1C(=O)OC(C)(C)C. The van der Waals surface area contributed by atoms with Crippen molar-refractivity contribution < 1.29 is 14.3 Å². The Morgan fingerprint density at radius 2 is 1.82 bits per heavy atom. The largest absolute Gasteiger partial charge is 0.444 e. The highest BCUT2D eigenvalue weighted by molar-refractivity contribution is 5.96. The zero-order valence-corrected chi connectivity index (χ0v) is 20.5. The number of pyridine rings is 1. The number of ether oxygens (including phenoxy) is 1. The van der Waals surface area contributed by atoms with Gasteiger partial charge in [0.05, 0.1) is 18.8 Å². The number of hydrogen-bond acceptors (Lipinski definition) is 5. The van der Waals surface area contributed by atoms with Crippen LogP contribution >= 0.6 is 0 Å². The fourth-order valence-electron chi connectivity index (χ4n) is 4.60. The summed E-state index contributed by atoms with van der Waals surface area (Å²) in [5.41, 5.74) is 2.20. The molecule has 4 rings (SSSR count). The minimum atomic E-state index is -0.533. The van der Waals surface area contributed by atoms with Gasteiger partial charge in [0.25, 0.3) is 5.56 Å². The predicted molar refractivity (Wildman–Crippen MR) is 131 cm³/mol. The normalized spacial score (nSPS) is 18.6. The molecule has 1 aromatic heterocycles. The summed E-state index contributed by atoms with van der Waals surface area (Å²) in [6, 6.07) is 11.4. The van der Waals surface area contributed by atoms with E-state index >= 15 is 0 Å². The smallest absolute Gasteiger partial charge is 0.410 e. The van der Waals surface area contributed by atoms with E-state index in [2.05, 4.69) is 4.90 Å². The number of fused-ring (bicyclic) bond motifs is 1. The van der Waals surface area contributed by atoms with Crippen LogP contribution in [0, 0.1) is 0 Å². The van der Waals surface area contributed by atoms with Crippen molar-refractivity contribution in [1.29, 1.82) is 0 Å². The van der Waals surface area contributed by atoms with Crippen molar-refractivity contribution in [2.75, 3.05) is 37.6 Å². The summed E-state index contributed by atoms with van der Waals surface area (Å²) in [4.78, 5) is 43.9. The molecule has 1 aromatic carbocycles. The van der Waals surface area contributed by atoms with Gasteiger partial charge in [0.15, 0.2) is 0 Å². The van der Waals surface area contributed by atoms with Crippen LogP contribution in [0.15, 0.2) is 47.4 Å². The molecule has 2 aliphatic heterocycles. The molecule has 0 saturated carbocycles. The molecule has 0 bridgehead atoms. The summed E-state index contributed by atoms with van der Waals surface area (Å²) < 4.78 is 7.18. The van der Waals surface area contributed by atoms with Crippen LogP contribution < -0.4 is 10.5 Å². The van der Waals surface area contributed by atoms with Crippen molar-refractivity contribution in [3.05, 3.63) is 64.1 Å². The molecule has 0 aliphatic carbocycles. The highest BCUT2D eigenvalue weighted by Gasteiger charge is 2.33. The van der Waals surface area contributed by atoms with Crippen molar-refractivity contribution in [2.24, 2.45) is 0 Å². The predicted octanol–water partition coefficient (Wildman–Crippen LogP) is 2.73. The van der Waals surface area contributed by atoms with Gasteiger partial charge < -0.3 is 19.1 Å². The minimum absolute atomic E-state index is 0.0154. The van der Waals surface area contributed by atoms with Gasteiger partial charge in [0.2, 0.25) is 5.91 Å². The number of carbonyl (C=O) groups is 2. The molecule has 1 unspecified atom stereocenters. The molecule has 2 aromatic rings. The summed E-state index contributed by atoms with van der Waals surface area (Å²) in [5.74, 6) is 0.0154. The molecule has 3 heterocycles. The highest BCUT2D eigenvalue weighted by atomic mass is 16.6. The van der Waals surface area contributed by atoms with E-state index < -0.39 is 5.60 Å². The van der Waals surface area contributed by atoms with Crippen LogP contribution in [0.5, 0.6) is 0 Å². The van der Waals surface area contributed by atoms with Crippen molar-refractivity contribution in [3.8, 4) is 0 Å². The Labute approximate surface area is 200 Å². The third kappa shape index (κ3) is 5.50. The summed E-state index contributed by atoms with van der Waals surface area (Å²) >= 11 is 0. The maximum Gasteiger partial charge on any atom is 0.410 e. The second kappa shape index (κ2) is 9.62. The van der Waals surface area contributed by atoms with E-state index in [-0.39, 0.29) is 30.1 Å². The molecule has 1 saturated heterocycles. The van der Waals surface area contributed by atoms with Gasteiger partial charge in [-0.3, -0.25) is 14.5 Å². The van der Waals surface area contributed by atoms with Crippen molar-refractivity contribution in [2.45, 2.75) is 52.3 Å². The fraction of sp³-hybridized carbons (Fsp3) is 0.500. The standard InChI is InChI=1S/C26H34N4O4/c1-19-15-27(12-13-29(19)25(33)34-26(2,3)4)18-24(32)30-11-10-21-14-23(31)28(17-22(21)30)16-20-8-6-5-7-9-20/h5-9,14,17,19H,10-13,15-16,18H2,1-4H3. The Morgan fingerprint density at radius 1 is 1.09 bits per heavy atom. The van der Waals surface area contributed by atoms with E-state index in [9.17, 15) is 14.4 Å². The van der Waals surface area contributed by atoms with Gasteiger partial charge in [-0.15, -0.1) is 0 Å². The Kier molecular flexibility index (Phi) is 6.79. The minimum Gasteiger partial charge on any atom is -0.444 e. The van der Waals surface area contributed by atoms with Crippen LogP contribution in [0.4, 0.5) is 10.5 Å². The number of amides is 2. The number of carbonyl (C=O) groups excluding carboxylic acids is 2. The Bertz CT molecular complexity index is 1110. The monoisotopic (exact) mass is 466 g/mol. The van der Waals surface area contributed by atoms with E-state index in [1.165, 1.54) is 0 Å².